The maximum atomic E-state index is 13.1. The Morgan fingerprint density at radius 1 is 1.10 bits per heavy atom. The van der Waals surface area contributed by atoms with Gasteiger partial charge in [0.05, 0.1) is 11.4 Å². The number of carbonyl (C=O) groups excluding carboxylic acids is 1. The molecule has 168 valence electrons. The zero-order chi connectivity index (χ0) is 22.3. The predicted molar refractivity (Wildman–Crippen MR) is 117 cm³/mol. The van der Waals surface area contributed by atoms with Gasteiger partial charge in [-0.3, -0.25) is 4.79 Å². The Labute approximate surface area is 183 Å². The molecule has 0 unspecified atom stereocenters. The summed E-state index contributed by atoms with van der Waals surface area (Å²) in [6.07, 6.45) is 3.72. The molecule has 0 spiro atoms. The van der Waals surface area contributed by atoms with E-state index < -0.39 is 10.0 Å². The molecule has 0 aromatic heterocycles. The molecule has 0 bridgehead atoms. The van der Waals surface area contributed by atoms with Crippen molar-refractivity contribution < 1.29 is 22.3 Å². The number of rotatable bonds is 9. The fraction of sp³-hybridized carbons (Fsp3) is 0.435. The van der Waals surface area contributed by atoms with Gasteiger partial charge in [-0.1, -0.05) is 24.6 Å². The third-order valence-electron chi connectivity index (χ3n) is 5.42. The van der Waals surface area contributed by atoms with E-state index >= 15 is 0 Å². The Balaban J connectivity index is 1.45. The molecule has 31 heavy (non-hydrogen) atoms. The van der Waals surface area contributed by atoms with Crippen LogP contribution < -0.4 is 4.74 Å². The Kier molecular flexibility index (Phi) is 8.03. The maximum absolute atomic E-state index is 13.1. The molecule has 0 aliphatic carbocycles. The Morgan fingerprint density at radius 3 is 2.48 bits per heavy atom. The van der Waals surface area contributed by atoms with Gasteiger partial charge in [0.15, 0.2) is 0 Å². The molecule has 1 heterocycles. The highest BCUT2D eigenvalue weighted by molar-refractivity contribution is 7.89. The van der Waals surface area contributed by atoms with Gasteiger partial charge in [0.25, 0.3) is 0 Å². The molecule has 2 aromatic rings. The van der Waals surface area contributed by atoms with Crippen molar-refractivity contribution in [2.75, 3.05) is 33.3 Å². The summed E-state index contributed by atoms with van der Waals surface area (Å²) < 4.78 is 45.6. The number of hydrogen-bond donors (Lipinski definition) is 0. The highest BCUT2D eigenvalue weighted by Gasteiger charge is 2.25. The lowest BCUT2D eigenvalue weighted by Crippen LogP contribution is -2.35. The third kappa shape index (κ3) is 6.51. The topological polar surface area (TPSA) is 66.9 Å². The van der Waals surface area contributed by atoms with Crippen molar-refractivity contribution in [1.29, 1.82) is 0 Å². The van der Waals surface area contributed by atoms with Crippen LogP contribution in [0.2, 0.25) is 0 Å². The minimum atomic E-state index is -3.44. The molecule has 1 aliphatic heterocycles. The first-order valence-corrected chi connectivity index (χ1v) is 12.0. The smallest absolute Gasteiger partial charge is 0.243 e. The molecule has 6 nitrogen and oxygen atoms in total. The SMILES string of the molecule is CN(CCOc1cccc(F)c1)C(=O)CCc1ccc(S(=O)(=O)N2CCCCC2)cc1. The number of amides is 1. The minimum Gasteiger partial charge on any atom is -0.492 e. The van der Waals surface area contributed by atoms with Crippen LogP contribution in [-0.2, 0) is 21.2 Å². The maximum Gasteiger partial charge on any atom is 0.243 e. The van der Waals surface area contributed by atoms with Gasteiger partial charge in [-0.2, -0.15) is 4.31 Å². The van der Waals surface area contributed by atoms with Gasteiger partial charge in [0, 0.05) is 32.6 Å². The summed E-state index contributed by atoms with van der Waals surface area (Å²) in [5.41, 5.74) is 0.912. The van der Waals surface area contributed by atoms with Gasteiger partial charge in [0.2, 0.25) is 15.9 Å². The van der Waals surface area contributed by atoms with Crippen molar-refractivity contribution >= 4 is 15.9 Å². The highest BCUT2D eigenvalue weighted by Crippen LogP contribution is 2.21. The number of likely N-dealkylation sites (N-methyl/N-ethyl adjacent to an activating group) is 1. The van der Waals surface area contributed by atoms with E-state index in [0.29, 0.717) is 43.1 Å². The van der Waals surface area contributed by atoms with Gasteiger partial charge in [0.1, 0.15) is 18.2 Å². The molecule has 1 aliphatic rings. The quantitative estimate of drug-likeness (QED) is 0.589. The first-order chi connectivity index (χ1) is 14.9. The van der Waals surface area contributed by atoms with E-state index in [1.54, 1.807) is 52.7 Å². The second-order valence-corrected chi connectivity index (χ2v) is 9.67. The van der Waals surface area contributed by atoms with Gasteiger partial charge in [-0.05, 0) is 49.1 Å². The van der Waals surface area contributed by atoms with Gasteiger partial charge >= 0.3 is 0 Å². The van der Waals surface area contributed by atoms with E-state index in [9.17, 15) is 17.6 Å². The molecule has 0 N–H and O–H groups in total. The minimum absolute atomic E-state index is 0.0344. The van der Waals surface area contributed by atoms with Crippen LogP contribution in [0.3, 0.4) is 0 Å². The van der Waals surface area contributed by atoms with E-state index in [1.165, 1.54) is 12.1 Å². The van der Waals surface area contributed by atoms with Crippen molar-refractivity contribution in [3.8, 4) is 5.75 Å². The molecule has 1 fully saturated rings. The van der Waals surface area contributed by atoms with Crippen LogP contribution >= 0.6 is 0 Å². The number of hydrogen-bond acceptors (Lipinski definition) is 4. The molecule has 3 rings (SSSR count). The van der Waals surface area contributed by atoms with Crippen molar-refractivity contribution in [1.82, 2.24) is 9.21 Å². The lowest BCUT2D eigenvalue weighted by Gasteiger charge is -2.25. The fourth-order valence-electron chi connectivity index (χ4n) is 3.51. The van der Waals surface area contributed by atoms with Crippen molar-refractivity contribution in [3.63, 3.8) is 0 Å². The third-order valence-corrected chi connectivity index (χ3v) is 7.33. The van der Waals surface area contributed by atoms with Crippen molar-refractivity contribution in [2.24, 2.45) is 0 Å². The predicted octanol–water partition coefficient (Wildman–Crippen LogP) is 3.47. The summed E-state index contributed by atoms with van der Waals surface area (Å²) >= 11 is 0. The molecular formula is C23H29FN2O4S. The molecule has 0 saturated carbocycles. The summed E-state index contributed by atoms with van der Waals surface area (Å²) in [7, 11) is -1.74. The van der Waals surface area contributed by atoms with Crippen LogP contribution in [0.15, 0.2) is 53.4 Å². The first kappa shape index (κ1) is 23.2. The van der Waals surface area contributed by atoms with E-state index in [-0.39, 0.29) is 18.3 Å². The lowest BCUT2D eigenvalue weighted by atomic mass is 10.1. The monoisotopic (exact) mass is 448 g/mol. The van der Waals surface area contributed by atoms with Gasteiger partial charge in [-0.25, -0.2) is 12.8 Å². The van der Waals surface area contributed by atoms with Crippen molar-refractivity contribution in [2.45, 2.75) is 37.0 Å². The Morgan fingerprint density at radius 2 is 1.81 bits per heavy atom. The molecule has 8 heteroatoms. The number of nitrogens with zero attached hydrogens (tertiary/aromatic N) is 2. The number of ether oxygens (including phenoxy) is 1. The average Bonchev–Trinajstić information content (AvgIpc) is 2.78. The van der Waals surface area contributed by atoms with Crippen LogP contribution in [0, 0.1) is 5.82 Å². The molecule has 2 aromatic carbocycles. The van der Waals surface area contributed by atoms with Crippen LogP contribution in [0.1, 0.15) is 31.2 Å². The molecule has 1 saturated heterocycles. The Bertz CT molecular complexity index is 973. The standard InChI is InChI=1S/C23H29FN2O4S/c1-25(16-17-30-21-7-5-6-20(24)18-21)23(27)13-10-19-8-11-22(12-9-19)31(28,29)26-14-3-2-4-15-26/h5-9,11-12,18H,2-4,10,13-17H2,1H3. The fourth-order valence-corrected chi connectivity index (χ4v) is 5.02. The van der Waals surface area contributed by atoms with Crippen LogP contribution in [0.4, 0.5) is 4.39 Å². The number of benzene rings is 2. The largest absolute Gasteiger partial charge is 0.492 e. The number of halogens is 1. The zero-order valence-electron chi connectivity index (χ0n) is 17.8. The summed E-state index contributed by atoms with van der Waals surface area (Å²) in [5.74, 6) is 0.0324. The molecule has 1 amide bonds. The van der Waals surface area contributed by atoms with Gasteiger partial charge < -0.3 is 9.64 Å². The molecule has 0 radical (unpaired) electrons. The number of sulfonamides is 1. The average molecular weight is 449 g/mol. The van der Waals surface area contributed by atoms with Crippen LogP contribution in [0.5, 0.6) is 5.75 Å². The lowest BCUT2D eigenvalue weighted by molar-refractivity contribution is -0.130. The Hall–Kier alpha value is -2.45. The van der Waals surface area contributed by atoms with Crippen molar-refractivity contribution in [3.05, 3.63) is 59.9 Å². The summed E-state index contributed by atoms with van der Waals surface area (Å²) in [6, 6.07) is 12.7. The van der Waals surface area contributed by atoms with E-state index in [4.69, 9.17) is 4.74 Å². The van der Waals surface area contributed by atoms with Crippen LogP contribution in [-0.4, -0.2) is 56.8 Å². The number of carbonyl (C=O) groups is 1. The highest BCUT2D eigenvalue weighted by atomic mass is 32.2. The zero-order valence-corrected chi connectivity index (χ0v) is 18.6. The summed E-state index contributed by atoms with van der Waals surface area (Å²) in [4.78, 5) is 14.2. The van der Waals surface area contributed by atoms with Gasteiger partial charge in [-0.15, -0.1) is 0 Å². The molecule has 0 atom stereocenters. The van der Waals surface area contributed by atoms with E-state index in [0.717, 1.165) is 24.8 Å². The molecular weight excluding hydrogens is 419 g/mol. The van der Waals surface area contributed by atoms with E-state index in [2.05, 4.69) is 0 Å². The number of piperidine rings is 1. The summed E-state index contributed by atoms with van der Waals surface area (Å²) in [5, 5.41) is 0. The van der Waals surface area contributed by atoms with Crippen LogP contribution in [0.25, 0.3) is 0 Å². The second-order valence-electron chi connectivity index (χ2n) is 7.73. The summed E-state index contributed by atoms with van der Waals surface area (Å²) in [6.45, 7) is 1.82. The number of aryl methyl sites for hydroxylation is 1. The second kappa shape index (κ2) is 10.7. The first-order valence-electron chi connectivity index (χ1n) is 10.6. The van der Waals surface area contributed by atoms with E-state index in [1.807, 2.05) is 0 Å². The normalized spacial score (nSPS) is 14.9.